The van der Waals surface area contributed by atoms with Gasteiger partial charge < -0.3 is 25.6 Å². The molecule has 7 nitrogen and oxygen atoms in total. The van der Waals surface area contributed by atoms with E-state index in [9.17, 15) is 14.7 Å². The highest BCUT2D eigenvalue weighted by Gasteiger charge is 2.19. The SMILES string of the molecule is C[C@H](O)C[NH2+][C@H](CC(=O)Nc1ccccc1C#N)C(=O)[O-]. The second-order valence-electron chi connectivity index (χ2n) is 4.66. The van der Waals surface area contributed by atoms with E-state index in [1.807, 2.05) is 6.07 Å². The summed E-state index contributed by atoms with van der Waals surface area (Å²) >= 11 is 0. The van der Waals surface area contributed by atoms with E-state index < -0.39 is 24.0 Å². The van der Waals surface area contributed by atoms with Gasteiger partial charge in [-0.1, -0.05) is 12.1 Å². The van der Waals surface area contributed by atoms with E-state index in [-0.39, 0.29) is 13.0 Å². The number of nitrogens with one attached hydrogen (secondary N) is 1. The van der Waals surface area contributed by atoms with Gasteiger partial charge in [0.25, 0.3) is 0 Å². The third kappa shape index (κ3) is 5.60. The van der Waals surface area contributed by atoms with Crippen molar-refractivity contribution in [3.63, 3.8) is 0 Å². The molecule has 2 atom stereocenters. The zero-order valence-electron chi connectivity index (χ0n) is 11.6. The number of rotatable bonds is 7. The number of carboxylic acids is 1. The Morgan fingerprint density at radius 3 is 2.71 bits per heavy atom. The number of amides is 1. The monoisotopic (exact) mass is 291 g/mol. The van der Waals surface area contributed by atoms with Crippen molar-refractivity contribution in [1.29, 1.82) is 5.26 Å². The summed E-state index contributed by atoms with van der Waals surface area (Å²) in [6.07, 6.45) is -0.997. The van der Waals surface area contributed by atoms with E-state index >= 15 is 0 Å². The van der Waals surface area contributed by atoms with Gasteiger partial charge in [-0.15, -0.1) is 0 Å². The molecule has 4 N–H and O–H groups in total. The quantitative estimate of drug-likeness (QED) is 0.532. The molecule has 1 aromatic carbocycles. The minimum Gasteiger partial charge on any atom is -0.544 e. The van der Waals surface area contributed by atoms with Gasteiger partial charge in [0, 0.05) is 0 Å². The number of para-hydroxylation sites is 1. The first-order chi connectivity index (χ1) is 9.93. The van der Waals surface area contributed by atoms with Crippen LogP contribution in [0.15, 0.2) is 24.3 Å². The van der Waals surface area contributed by atoms with Crippen LogP contribution in [0.25, 0.3) is 0 Å². The lowest BCUT2D eigenvalue weighted by molar-refractivity contribution is -0.687. The number of hydrogen-bond donors (Lipinski definition) is 3. The summed E-state index contributed by atoms with van der Waals surface area (Å²) in [5, 5.41) is 32.9. The molecule has 0 radical (unpaired) electrons. The second-order valence-corrected chi connectivity index (χ2v) is 4.66. The molecule has 0 aromatic heterocycles. The third-order valence-electron chi connectivity index (χ3n) is 2.79. The first-order valence-electron chi connectivity index (χ1n) is 6.45. The van der Waals surface area contributed by atoms with Crippen molar-refractivity contribution >= 4 is 17.6 Å². The molecule has 0 unspecified atom stereocenters. The highest BCUT2D eigenvalue weighted by Crippen LogP contribution is 2.13. The van der Waals surface area contributed by atoms with Gasteiger partial charge in [0.15, 0.2) is 0 Å². The zero-order chi connectivity index (χ0) is 15.8. The summed E-state index contributed by atoms with van der Waals surface area (Å²) in [5.41, 5.74) is 0.626. The van der Waals surface area contributed by atoms with Crippen molar-refractivity contribution < 1.29 is 25.1 Å². The molecular weight excluding hydrogens is 274 g/mol. The molecule has 21 heavy (non-hydrogen) atoms. The molecule has 1 rings (SSSR count). The molecule has 0 saturated heterocycles. The van der Waals surface area contributed by atoms with Gasteiger partial charge in [0.2, 0.25) is 5.91 Å². The standard InChI is InChI=1S/C14H17N3O4/c1-9(18)8-16-12(14(20)21)6-13(19)17-11-5-3-2-4-10(11)7-15/h2-5,9,12,16,18H,6,8H2,1H3,(H,17,19)(H,20,21)/t9-,12+/m0/s1. The van der Waals surface area contributed by atoms with Crippen LogP contribution < -0.4 is 15.7 Å². The summed E-state index contributed by atoms with van der Waals surface area (Å²) in [6.45, 7) is 1.67. The molecule has 1 aromatic rings. The van der Waals surface area contributed by atoms with E-state index in [1.54, 1.807) is 24.3 Å². The number of carboxylic acid groups (broad SMARTS) is 1. The van der Waals surface area contributed by atoms with Crippen molar-refractivity contribution in [1.82, 2.24) is 0 Å². The van der Waals surface area contributed by atoms with Crippen LogP contribution in [0.4, 0.5) is 5.69 Å². The number of quaternary nitrogens is 1. The van der Waals surface area contributed by atoms with Gasteiger partial charge in [-0.3, -0.25) is 4.79 Å². The Balaban J connectivity index is 2.66. The Morgan fingerprint density at radius 2 is 2.14 bits per heavy atom. The van der Waals surface area contributed by atoms with Crippen LogP contribution in [0.1, 0.15) is 18.9 Å². The highest BCUT2D eigenvalue weighted by molar-refractivity contribution is 5.94. The van der Waals surface area contributed by atoms with Gasteiger partial charge in [-0.2, -0.15) is 5.26 Å². The average molecular weight is 291 g/mol. The second kappa shape index (κ2) is 7.99. The summed E-state index contributed by atoms with van der Waals surface area (Å²) in [7, 11) is 0. The van der Waals surface area contributed by atoms with Crippen molar-refractivity contribution in [2.24, 2.45) is 0 Å². The number of aliphatic carboxylic acids is 1. The molecule has 1 amide bonds. The van der Waals surface area contributed by atoms with Crippen LogP contribution in [-0.4, -0.2) is 35.7 Å². The molecule has 7 heteroatoms. The Bertz CT molecular complexity index is 551. The number of hydrogen-bond acceptors (Lipinski definition) is 5. The molecule has 0 saturated carbocycles. The summed E-state index contributed by atoms with van der Waals surface area (Å²) in [6, 6.07) is 7.27. The fourth-order valence-electron chi connectivity index (χ4n) is 1.71. The number of aliphatic hydroxyl groups is 1. The lowest BCUT2D eigenvalue weighted by atomic mass is 10.1. The topological polar surface area (TPSA) is 130 Å². The molecule has 0 bridgehead atoms. The summed E-state index contributed by atoms with van der Waals surface area (Å²) in [4.78, 5) is 22.8. The van der Waals surface area contributed by atoms with E-state index in [0.29, 0.717) is 11.3 Å². The first-order valence-corrected chi connectivity index (χ1v) is 6.45. The number of benzene rings is 1. The number of carbonyl (C=O) groups is 2. The zero-order valence-corrected chi connectivity index (χ0v) is 11.6. The lowest BCUT2D eigenvalue weighted by Gasteiger charge is -2.17. The van der Waals surface area contributed by atoms with Crippen LogP contribution in [0.2, 0.25) is 0 Å². The van der Waals surface area contributed by atoms with Crippen LogP contribution in [-0.2, 0) is 9.59 Å². The Kier molecular flexibility index (Phi) is 6.33. The molecule has 0 fully saturated rings. The van der Waals surface area contributed by atoms with Crippen molar-refractivity contribution in [3.8, 4) is 6.07 Å². The highest BCUT2D eigenvalue weighted by atomic mass is 16.4. The van der Waals surface area contributed by atoms with Gasteiger partial charge in [-0.25, -0.2) is 0 Å². The predicted molar refractivity (Wildman–Crippen MR) is 71.7 cm³/mol. The van der Waals surface area contributed by atoms with E-state index in [1.165, 1.54) is 12.2 Å². The molecular formula is C14H17N3O4. The maximum absolute atomic E-state index is 11.8. The molecule has 0 spiro atoms. The lowest BCUT2D eigenvalue weighted by Crippen LogP contribution is -2.94. The molecule has 0 heterocycles. The van der Waals surface area contributed by atoms with Crippen molar-refractivity contribution in [2.75, 3.05) is 11.9 Å². The van der Waals surface area contributed by atoms with Gasteiger partial charge in [0.05, 0.1) is 29.7 Å². The Morgan fingerprint density at radius 1 is 1.48 bits per heavy atom. The van der Waals surface area contributed by atoms with E-state index in [4.69, 9.17) is 10.4 Å². The largest absolute Gasteiger partial charge is 0.544 e. The average Bonchev–Trinajstić information content (AvgIpc) is 2.43. The summed E-state index contributed by atoms with van der Waals surface area (Å²) < 4.78 is 0. The summed E-state index contributed by atoms with van der Waals surface area (Å²) in [5.74, 6) is -1.91. The molecule has 0 aliphatic carbocycles. The fraction of sp³-hybridized carbons (Fsp3) is 0.357. The molecule has 112 valence electrons. The molecule has 0 aliphatic heterocycles. The molecule has 0 aliphatic rings. The Hall–Kier alpha value is -2.43. The van der Waals surface area contributed by atoms with Crippen molar-refractivity contribution in [2.45, 2.75) is 25.5 Å². The van der Waals surface area contributed by atoms with Gasteiger partial charge in [-0.05, 0) is 19.1 Å². The number of nitrogens with two attached hydrogens (primary N) is 1. The van der Waals surface area contributed by atoms with Crippen LogP contribution in [0.3, 0.4) is 0 Å². The predicted octanol–water partition coefficient (Wildman–Crippen LogP) is -2.05. The normalized spacial score (nSPS) is 13.0. The third-order valence-corrected chi connectivity index (χ3v) is 2.79. The van der Waals surface area contributed by atoms with Crippen LogP contribution in [0, 0.1) is 11.3 Å². The smallest absolute Gasteiger partial charge is 0.230 e. The van der Waals surface area contributed by atoms with Crippen LogP contribution >= 0.6 is 0 Å². The number of aliphatic hydroxyl groups excluding tert-OH is 1. The van der Waals surface area contributed by atoms with E-state index in [0.717, 1.165) is 0 Å². The maximum Gasteiger partial charge on any atom is 0.230 e. The number of nitrogens with zero attached hydrogens (tertiary/aromatic N) is 1. The Labute approximate surface area is 122 Å². The number of nitriles is 1. The minimum absolute atomic E-state index is 0.153. The number of carbonyl (C=O) groups excluding carboxylic acids is 2. The van der Waals surface area contributed by atoms with Gasteiger partial charge in [0.1, 0.15) is 18.7 Å². The number of anilines is 1. The van der Waals surface area contributed by atoms with Gasteiger partial charge >= 0.3 is 0 Å². The minimum atomic E-state index is -1.38. The first kappa shape index (κ1) is 16.6. The van der Waals surface area contributed by atoms with Crippen molar-refractivity contribution in [3.05, 3.63) is 29.8 Å². The fourth-order valence-corrected chi connectivity index (χ4v) is 1.71. The van der Waals surface area contributed by atoms with Crippen LogP contribution in [0.5, 0.6) is 0 Å². The maximum atomic E-state index is 11.8. The van der Waals surface area contributed by atoms with E-state index in [2.05, 4.69) is 5.32 Å².